The van der Waals surface area contributed by atoms with Gasteiger partial charge in [0.1, 0.15) is 0 Å². The van der Waals surface area contributed by atoms with Crippen molar-refractivity contribution in [2.45, 2.75) is 0 Å². The summed E-state index contributed by atoms with van der Waals surface area (Å²) in [5, 5.41) is 8.62. The van der Waals surface area contributed by atoms with Crippen LogP contribution in [0.3, 0.4) is 0 Å². The van der Waals surface area contributed by atoms with E-state index in [2.05, 4.69) is 6.58 Å². The number of rotatable bonds is 3. The van der Waals surface area contributed by atoms with E-state index in [-0.39, 0.29) is 29.6 Å². The zero-order chi connectivity index (χ0) is 9.68. The van der Waals surface area contributed by atoms with Crippen LogP contribution in [0.15, 0.2) is 43.0 Å². The molecule has 68 valence electrons. The molecule has 3 heteroatoms. The zero-order valence-electron chi connectivity index (χ0n) is 7.10. The topological polar surface area (TPSA) is 37.3 Å². The SMILES string of the molecule is C=CC=Cc1ccc(C(=O)O)cc1.[NaH]. The van der Waals surface area contributed by atoms with E-state index in [4.69, 9.17) is 5.11 Å². The molecule has 0 aliphatic heterocycles. The molecular weight excluding hydrogens is 187 g/mol. The molecule has 0 unspecified atom stereocenters. The molecule has 1 N–H and O–H groups in total. The summed E-state index contributed by atoms with van der Waals surface area (Å²) in [6, 6.07) is 6.66. The Balaban J connectivity index is 0.00000169. The molecule has 0 saturated carbocycles. The third-order valence-electron chi connectivity index (χ3n) is 1.58. The van der Waals surface area contributed by atoms with Gasteiger partial charge in [-0.2, -0.15) is 0 Å². The van der Waals surface area contributed by atoms with Gasteiger partial charge in [-0.05, 0) is 17.7 Å². The maximum absolute atomic E-state index is 10.5. The second-order valence-electron chi connectivity index (χ2n) is 2.52. The molecular formula is C11H11NaO2. The Bertz CT molecular complexity index is 339. The van der Waals surface area contributed by atoms with E-state index in [1.54, 1.807) is 36.4 Å². The van der Waals surface area contributed by atoms with Crippen LogP contribution >= 0.6 is 0 Å². The number of hydrogen-bond donors (Lipinski definition) is 1. The quantitative estimate of drug-likeness (QED) is 0.595. The number of carbonyl (C=O) groups is 1. The van der Waals surface area contributed by atoms with Gasteiger partial charge in [-0.3, -0.25) is 0 Å². The third kappa shape index (κ3) is 3.92. The Hall–Kier alpha value is -0.830. The Labute approximate surface area is 105 Å². The van der Waals surface area contributed by atoms with Crippen LogP contribution < -0.4 is 0 Å². The standard InChI is InChI=1S/C11H10O2.Na.H/c1-2-3-4-9-5-7-10(8-6-9)11(12)13;;/h2-8H,1H2,(H,12,13);;. The van der Waals surface area contributed by atoms with Gasteiger partial charge in [-0.15, -0.1) is 0 Å². The van der Waals surface area contributed by atoms with Gasteiger partial charge in [0.15, 0.2) is 0 Å². The van der Waals surface area contributed by atoms with Gasteiger partial charge >= 0.3 is 35.5 Å². The van der Waals surface area contributed by atoms with Crippen LogP contribution in [-0.2, 0) is 0 Å². The molecule has 0 heterocycles. The number of benzene rings is 1. The normalized spacial score (nSPS) is 9.43. The van der Waals surface area contributed by atoms with Crippen molar-refractivity contribution in [2.24, 2.45) is 0 Å². The second-order valence-corrected chi connectivity index (χ2v) is 2.52. The molecule has 2 nitrogen and oxygen atoms in total. The summed E-state index contributed by atoms with van der Waals surface area (Å²) in [6.45, 7) is 3.54. The van der Waals surface area contributed by atoms with E-state index in [1.807, 2.05) is 6.08 Å². The number of hydrogen-bond acceptors (Lipinski definition) is 1. The fraction of sp³-hybridized carbons (Fsp3) is 0. The maximum atomic E-state index is 10.5. The van der Waals surface area contributed by atoms with E-state index < -0.39 is 5.97 Å². The molecule has 0 bridgehead atoms. The molecule has 1 aromatic rings. The molecule has 0 amide bonds. The predicted molar refractivity (Wildman–Crippen MR) is 59.8 cm³/mol. The molecule has 0 aliphatic carbocycles. The predicted octanol–water partition coefficient (Wildman–Crippen LogP) is 1.94. The van der Waals surface area contributed by atoms with E-state index in [1.165, 1.54) is 0 Å². The molecule has 1 aromatic carbocycles. The van der Waals surface area contributed by atoms with Crippen molar-refractivity contribution in [3.8, 4) is 0 Å². The molecule has 1 rings (SSSR count). The van der Waals surface area contributed by atoms with Gasteiger partial charge < -0.3 is 5.11 Å². The van der Waals surface area contributed by atoms with E-state index in [0.29, 0.717) is 5.56 Å². The molecule has 0 atom stereocenters. The van der Waals surface area contributed by atoms with Gasteiger partial charge in [-0.1, -0.05) is 36.9 Å². The van der Waals surface area contributed by atoms with Crippen molar-refractivity contribution < 1.29 is 9.90 Å². The number of allylic oxidation sites excluding steroid dienone is 2. The minimum absolute atomic E-state index is 0. The summed E-state index contributed by atoms with van der Waals surface area (Å²) < 4.78 is 0. The first-order valence-corrected chi connectivity index (χ1v) is 3.86. The zero-order valence-corrected chi connectivity index (χ0v) is 7.10. The van der Waals surface area contributed by atoms with Gasteiger partial charge in [0, 0.05) is 0 Å². The third-order valence-corrected chi connectivity index (χ3v) is 1.58. The summed E-state index contributed by atoms with van der Waals surface area (Å²) in [7, 11) is 0. The Morgan fingerprint density at radius 2 is 1.86 bits per heavy atom. The van der Waals surface area contributed by atoms with Crippen LogP contribution in [0, 0.1) is 0 Å². The monoisotopic (exact) mass is 198 g/mol. The molecule has 0 saturated heterocycles. The van der Waals surface area contributed by atoms with Gasteiger partial charge in [-0.25, -0.2) is 4.79 Å². The van der Waals surface area contributed by atoms with Crippen LogP contribution in [-0.4, -0.2) is 40.6 Å². The van der Waals surface area contributed by atoms with Gasteiger partial charge in [0.2, 0.25) is 0 Å². The van der Waals surface area contributed by atoms with Crippen LogP contribution in [0.25, 0.3) is 6.08 Å². The van der Waals surface area contributed by atoms with Gasteiger partial charge in [0.25, 0.3) is 0 Å². The second kappa shape index (κ2) is 6.60. The molecule has 0 aliphatic rings. The van der Waals surface area contributed by atoms with Crippen LogP contribution in [0.1, 0.15) is 15.9 Å². The average Bonchev–Trinajstić information content (AvgIpc) is 2.15. The molecule has 0 radical (unpaired) electrons. The summed E-state index contributed by atoms with van der Waals surface area (Å²) in [5.41, 5.74) is 1.26. The fourth-order valence-corrected chi connectivity index (χ4v) is 0.916. The Morgan fingerprint density at radius 3 is 2.29 bits per heavy atom. The fourth-order valence-electron chi connectivity index (χ4n) is 0.916. The first-order chi connectivity index (χ1) is 6.24. The molecule has 0 fully saturated rings. The van der Waals surface area contributed by atoms with Crippen LogP contribution in [0.4, 0.5) is 0 Å². The minimum atomic E-state index is -0.903. The number of carboxylic acids is 1. The van der Waals surface area contributed by atoms with Crippen molar-refractivity contribution in [3.05, 3.63) is 54.1 Å². The summed E-state index contributed by atoms with van der Waals surface area (Å²) in [5.74, 6) is -0.903. The molecule has 0 aromatic heterocycles. The number of aromatic carboxylic acids is 1. The first-order valence-electron chi connectivity index (χ1n) is 3.86. The summed E-state index contributed by atoms with van der Waals surface area (Å²) >= 11 is 0. The van der Waals surface area contributed by atoms with Crippen LogP contribution in [0.5, 0.6) is 0 Å². The van der Waals surface area contributed by atoms with Crippen molar-refractivity contribution in [1.29, 1.82) is 0 Å². The average molecular weight is 198 g/mol. The van der Waals surface area contributed by atoms with Crippen molar-refractivity contribution in [1.82, 2.24) is 0 Å². The summed E-state index contributed by atoms with van der Waals surface area (Å²) in [6.07, 6.45) is 5.33. The van der Waals surface area contributed by atoms with E-state index in [9.17, 15) is 4.79 Å². The van der Waals surface area contributed by atoms with Crippen molar-refractivity contribution >= 4 is 41.6 Å². The first kappa shape index (κ1) is 13.2. The number of carboxylic acid groups (broad SMARTS) is 1. The molecule has 0 spiro atoms. The van der Waals surface area contributed by atoms with Crippen molar-refractivity contribution in [3.63, 3.8) is 0 Å². The Kier molecular flexibility index (Phi) is 6.21. The van der Waals surface area contributed by atoms with E-state index >= 15 is 0 Å². The molecule has 14 heavy (non-hydrogen) atoms. The van der Waals surface area contributed by atoms with Crippen LogP contribution in [0.2, 0.25) is 0 Å². The van der Waals surface area contributed by atoms with E-state index in [0.717, 1.165) is 5.56 Å². The summed E-state index contributed by atoms with van der Waals surface area (Å²) in [4.78, 5) is 10.5. The Morgan fingerprint density at radius 1 is 1.29 bits per heavy atom. The van der Waals surface area contributed by atoms with Crippen molar-refractivity contribution in [2.75, 3.05) is 0 Å². The van der Waals surface area contributed by atoms with Gasteiger partial charge in [0.05, 0.1) is 5.56 Å².